The van der Waals surface area contributed by atoms with Gasteiger partial charge in [-0.05, 0) is 12.1 Å². The van der Waals surface area contributed by atoms with Gasteiger partial charge >= 0.3 is 0 Å². The molecule has 0 amide bonds. The first-order valence-electron chi connectivity index (χ1n) is 4.25. The van der Waals surface area contributed by atoms with E-state index in [-0.39, 0.29) is 11.6 Å². The minimum absolute atomic E-state index is 0.154. The van der Waals surface area contributed by atoms with Gasteiger partial charge in [-0.3, -0.25) is 0 Å². The normalized spacial score (nSPS) is 10.0. The second kappa shape index (κ2) is 4.00. The second-order valence-electron chi connectivity index (χ2n) is 2.83. The largest absolute Gasteiger partial charge is 0.322 e. The lowest BCUT2D eigenvalue weighted by atomic mass is 10.3. The quantitative estimate of drug-likeness (QED) is 0.822. The third kappa shape index (κ3) is 2.25. The molecule has 76 valence electrons. The van der Waals surface area contributed by atoms with Crippen molar-refractivity contribution in [3.8, 4) is 0 Å². The minimum Gasteiger partial charge on any atom is -0.322 e. The molecule has 0 aliphatic carbocycles. The number of para-hydroxylation sites is 1. The molecular weight excluding hydrogens is 200 g/mol. The fourth-order valence-corrected chi connectivity index (χ4v) is 1.06. The molecule has 0 unspecified atom stereocenters. The first-order valence-corrected chi connectivity index (χ1v) is 4.25. The number of halogens is 2. The van der Waals surface area contributed by atoms with Crippen LogP contribution in [0.3, 0.4) is 0 Å². The Morgan fingerprint density at radius 2 is 1.67 bits per heavy atom. The standard InChI is InChI=1S/C10H7F2N3/c11-7-5-13-10(14-6-7)15-9-4-2-1-3-8(9)12/h1-6H,(H,13,14,15). The molecule has 1 aromatic carbocycles. The maximum Gasteiger partial charge on any atom is 0.227 e. The van der Waals surface area contributed by atoms with E-state index >= 15 is 0 Å². The Labute approximate surface area is 84.8 Å². The summed E-state index contributed by atoms with van der Waals surface area (Å²) in [7, 11) is 0. The first-order chi connectivity index (χ1) is 7.25. The van der Waals surface area contributed by atoms with Crippen LogP contribution in [0.5, 0.6) is 0 Å². The highest BCUT2D eigenvalue weighted by Crippen LogP contribution is 2.15. The van der Waals surface area contributed by atoms with E-state index in [2.05, 4.69) is 15.3 Å². The number of benzene rings is 1. The molecule has 0 spiro atoms. The predicted octanol–water partition coefficient (Wildman–Crippen LogP) is 2.50. The molecule has 2 aromatic rings. The molecule has 0 saturated heterocycles. The zero-order chi connectivity index (χ0) is 10.7. The second-order valence-corrected chi connectivity index (χ2v) is 2.83. The summed E-state index contributed by atoms with van der Waals surface area (Å²) in [4.78, 5) is 7.30. The Balaban J connectivity index is 2.22. The molecule has 0 radical (unpaired) electrons. The lowest BCUT2D eigenvalue weighted by Gasteiger charge is -2.04. The van der Waals surface area contributed by atoms with Crippen molar-refractivity contribution in [2.45, 2.75) is 0 Å². The zero-order valence-corrected chi connectivity index (χ0v) is 7.61. The lowest BCUT2D eigenvalue weighted by molar-refractivity contribution is 0.614. The van der Waals surface area contributed by atoms with Gasteiger partial charge in [0.1, 0.15) is 5.82 Å². The number of nitrogens with one attached hydrogen (secondary N) is 1. The summed E-state index contributed by atoms with van der Waals surface area (Å²) in [6.07, 6.45) is 2.02. The van der Waals surface area contributed by atoms with Gasteiger partial charge in [0.25, 0.3) is 0 Å². The van der Waals surface area contributed by atoms with E-state index < -0.39 is 11.6 Å². The average Bonchev–Trinajstić information content (AvgIpc) is 2.25. The Morgan fingerprint density at radius 1 is 1.00 bits per heavy atom. The van der Waals surface area contributed by atoms with Crippen LogP contribution in [0, 0.1) is 11.6 Å². The Bertz CT molecular complexity index is 456. The van der Waals surface area contributed by atoms with Crippen LogP contribution in [0.15, 0.2) is 36.7 Å². The third-order valence-corrected chi connectivity index (χ3v) is 1.74. The average molecular weight is 207 g/mol. The SMILES string of the molecule is Fc1cnc(Nc2ccccc2F)nc1. The van der Waals surface area contributed by atoms with E-state index in [0.717, 1.165) is 12.4 Å². The van der Waals surface area contributed by atoms with E-state index in [9.17, 15) is 8.78 Å². The van der Waals surface area contributed by atoms with Gasteiger partial charge in [0.15, 0.2) is 5.82 Å². The molecule has 5 heteroatoms. The molecule has 0 bridgehead atoms. The summed E-state index contributed by atoms with van der Waals surface area (Å²) in [6.45, 7) is 0. The van der Waals surface area contributed by atoms with Crippen molar-refractivity contribution in [2.24, 2.45) is 0 Å². The fourth-order valence-electron chi connectivity index (χ4n) is 1.06. The van der Waals surface area contributed by atoms with Gasteiger partial charge in [-0.1, -0.05) is 12.1 Å². The van der Waals surface area contributed by atoms with Crippen molar-refractivity contribution in [1.29, 1.82) is 0 Å². The van der Waals surface area contributed by atoms with Gasteiger partial charge in [0, 0.05) is 0 Å². The van der Waals surface area contributed by atoms with Crippen molar-refractivity contribution >= 4 is 11.6 Å². The van der Waals surface area contributed by atoms with Crippen LogP contribution < -0.4 is 5.32 Å². The van der Waals surface area contributed by atoms with Crippen LogP contribution in [0.1, 0.15) is 0 Å². The van der Waals surface area contributed by atoms with Gasteiger partial charge in [0.2, 0.25) is 5.95 Å². The van der Waals surface area contributed by atoms with Crippen LogP contribution in [0.2, 0.25) is 0 Å². The molecule has 15 heavy (non-hydrogen) atoms. The van der Waals surface area contributed by atoms with Gasteiger partial charge in [-0.15, -0.1) is 0 Å². The highest BCUT2D eigenvalue weighted by molar-refractivity contribution is 5.53. The number of hydrogen-bond acceptors (Lipinski definition) is 3. The molecule has 1 aromatic heterocycles. The number of rotatable bonds is 2. The first kappa shape index (κ1) is 9.51. The third-order valence-electron chi connectivity index (χ3n) is 1.74. The molecule has 3 nitrogen and oxygen atoms in total. The van der Waals surface area contributed by atoms with Gasteiger partial charge in [-0.2, -0.15) is 0 Å². The molecule has 0 fully saturated rings. The maximum absolute atomic E-state index is 13.2. The molecule has 1 heterocycles. The molecule has 2 rings (SSSR count). The van der Waals surface area contributed by atoms with Crippen molar-refractivity contribution in [3.05, 3.63) is 48.3 Å². The van der Waals surface area contributed by atoms with Gasteiger partial charge < -0.3 is 5.32 Å². The highest BCUT2D eigenvalue weighted by atomic mass is 19.1. The van der Waals surface area contributed by atoms with E-state index in [4.69, 9.17) is 0 Å². The Kier molecular flexibility index (Phi) is 2.53. The van der Waals surface area contributed by atoms with Crippen LogP contribution in [0.25, 0.3) is 0 Å². The summed E-state index contributed by atoms with van der Waals surface area (Å²) in [5.41, 5.74) is 0.254. The number of nitrogens with zero attached hydrogens (tertiary/aromatic N) is 2. The highest BCUT2D eigenvalue weighted by Gasteiger charge is 2.02. The van der Waals surface area contributed by atoms with E-state index in [1.54, 1.807) is 18.2 Å². The lowest BCUT2D eigenvalue weighted by Crippen LogP contribution is -1.98. The maximum atomic E-state index is 13.2. The molecule has 1 N–H and O–H groups in total. The minimum atomic E-state index is -0.533. The molecule has 0 atom stereocenters. The van der Waals surface area contributed by atoms with Crippen LogP contribution in [0.4, 0.5) is 20.4 Å². The van der Waals surface area contributed by atoms with Crippen molar-refractivity contribution < 1.29 is 8.78 Å². The van der Waals surface area contributed by atoms with Gasteiger partial charge in [-0.25, -0.2) is 18.7 Å². The van der Waals surface area contributed by atoms with E-state index in [1.807, 2.05) is 0 Å². The summed E-state index contributed by atoms with van der Waals surface area (Å²) in [5, 5.41) is 2.64. The Hall–Kier alpha value is -2.04. The monoisotopic (exact) mass is 207 g/mol. The van der Waals surface area contributed by atoms with Crippen LogP contribution in [-0.2, 0) is 0 Å². The number of anilines is 2. The van der Waals surface area contributed by atoms with Gasteiger partial charge in [0.05, 0.1) is 18.1 Å². The summed E-state index contributed by atoms with van der Waals surface area (Å²) in [5.74, 6) is -0.791. The topological polar surface area (TPSA) is 37.8 Å². The van der Waals surface area contributed by atoms with Crippen molar-refractivity contribution in [1.82, 2.24) is 9.97 Å². The summed E-state index contributed by atoms with van der Waals surface area (Å²) >= 11 is 0. The van der Waals surface area contributed by atoms with Crippen molar-refractivity contribution in [2.75, 3.05) is 5.32 Å². The molecule has 0 saturated carbocycles. The summed E-state index contributed by atoms with van der Waals surface area (Å²) < 4.78 is 25.6. The van der Waals surface area contributed by atoms with E-state index in [1.165, 1.54) is 6.07 Å². The molecule has 0 aliphatic rings. The fraction of sp³-hybridized carbons (Fsp3) is 0. The smallest absolute Gasteiger partial charge is 0.227 e. The molecular formula is C10H7F2N3. The van der Waals surface area contributed by atoms with Crippen LogP contribution in [-0.4, -0.2) is 9.97 Å². The van der Waals surface area contributed by atoms with Crippen molar-refractivity contribution in [3.63, 3.8) is 0 Å². The zero-order valence-electron chi connectivity index (χ0n) is 7.61. The number of aromatic nitrogens is 2. The summed E-state index contributed by atoms with van der Waals surface area (Å²) in [6, 6.07) is 6.11. The van der Waals surface area contributed by atoms with Crippen LogP contribution >= 0.6 is 0 Å². The predicted molar refractivity (Wildman–Crippen MR) is 51.7 cm³/mol. The Morgan fingerprint density at radius 3 is 2.33 bits per heavy atom. The molecule has 0 aliphatic heterocycles. The number of hydrogen-bond donors (Lipinski definition) is 1. The van der Waals surface area contributed by atoms with E-state index in [0.29, 0.717) is 0 Å².